The van der Waals surface area contributed by atoms with Crippen molar-refractivity contribution in [1.82, 2.24) is 0 Å². The fourth-order valence-corrected chi connectivity index (χ4v) is 9.13. The van der Waals surface area contributed by atoms with Gasteiger partial charge in [0, 0.05) is 27.9 Å². The molecular weight excluding hydrogens is 591 g/mol. The molecule has 49 heavy (non-hydrogen) atoms. The van der Waals surface area contributed by atoms with Crippen molar-refractivity contribution in [2.24, 2.45) is 0 Å². The number of benzene rings is 8. The molecule has 10 rings (SSSR count). The number of rotatable bonds is 3. The third-order valence-electron chi connectivity index (χ3n) is 11.6. The molecule has 0 radical (unpaired) electrons. The summed E-state index contributed by atoms with van der Waals surface area (Å²) in [6.07, 6.45) is 0. The maximum absolute atomic E-state index is 2.46. The molecule has 0 bridgehead atoms. The van der Waals surface area contributed by atoms with E-state index in [1.807, 2.05) is 0 Å². The molecule has 0 unspecified atom stereocenters. The van der Waals surface area contributed by atoms with Crippen LogP contribution in [0.5, 0.6) is 0 Å². The molecule has 234 valence electrons. The Labute approximate surface area is 288 Å². The van der Waals surface area contributed by atoms with Crippen LogP contribution in [0.2, 0.25) is 0 Å². The SMILES string of the molecule is CC1(C)c2cc(N(c3ccccc3)c3ccc4cc5c(cc4c3)C(C)(C)c3c-5ccc4ccccc34)ccc2-c2c1ccc1ccccc21. The fourth-order valence-electron chi connectivity index (χ4n) is 9.13. The van der Waals surface area contributed by atoms with E-state index in [1.165, 1.54) is 82.5 Å². The predicted molar refractivity (Wildman–Crippen MR) is 209 cm³/mol. The quantitative estimate of drug-likeness (QED) is 0.188. The van der Waals surface area contributed by atoms with Gasteiger partial charge < -0.3 is 4.90 Å². The van der Waals surface area contributed by atoms with Gasteiger partial charge in [-0.2, -0.15) is 0 Å². The Kier molecular flexibility index (Phi) is 5.75. The smallest absolute Gasteiger partial charge is 0.0468 e. The Hall–Kier alpha value is -5.66. The molecule has 0 fully saturated rings. The van der Waals surface area contributed by atoms with Gasteiger partial charge in [-0.1, -0.05) is 131 Å². The average molecular weight is 628 g/mol. The van der Waals surface area contributed by atoms with Crippen molar-refractivity contribution in [3.05, 3.63) is 174 Å². The molecule has 8 aromatic carbocycles. The molecule has 2 aliphatic carbocycles. The van der Waals surface area contributed by atoms with Gasteiger partial charge in [-0.15, -0.1) is 0 Å². The van der Waals surface area contributed by atoms with Gasteiger partial charge in [0.15, 0.2) is 0 Å². The van der Waals surface area contributed by atoms with E-state index < -0.39 is 0 Å². The molecule has 0 aromatic heterocycles. The summed E-state index contributed by atoms with van der Waals surface area (Å²) >= 11 is 0. The van der Waals surface area contributed by atoms with Crippen LogP contribution in [0.3, 0.4) is 0 Å². The Bertz CT molecular complexity index is 2660. The van der Waals surface area contributed by atoms with Crippen LogP contribution in [-0.4, -0.2) is 0 Å². The number of hydrogen-bond acceptors (Lipinski definition) is 1. The van der Waals surface area contributed by atoms with Crippen LogP contribution < -0.4 is 4.90 Å². The summed E-state index contributed by atoms with van der Waals surface area (Å²) in [4.78, 5) is 2.43. The van der Waals surface area contributed by atoms with Crippen molar-refractivity contribution in [2.75, 3.05) is 4.90 Å². The van der Waals surface area contributed by atoms with E-state index in [-0.39, 0.29) is 10.8 Å². The minimum Gasteiger partial charge on any atom is -0.310 e. The molecule has 0 N–H and O–H groups in total. The van der Waals surface area contributed by atoms with Gasteiger partial charge in [0.25, 0.3) is 0 Å². The van der Waals surface area contributed by atoms with E-state index in [0.29, 0.717) is 0 Å². The minimum absolute atomic E-state index is 0.0976. The minimum atomic E-state index is -0.109. The predicted octanol–water partition coefficient (Wildman–Crippen LogP) is 13.2. The lowest BCUT2D eigenvalue weighted by Gasteiger charge is -2.28. The molecule has 0 saturated carbocycles. The van der Waals surface area contributed by atoms with Crippen LogP contribution >= 0.6 is 0 Å². The lowest BCUT2D eigenvalue weighted by Crippen LogP contribution is -2.16. The Morgan fingerprint density at radius 2 is 0.980 bits per heavy atom. The standard InChI is InChI=1S/C48H37N/c1-47(2)42-25-20-30-12-8-10-16-37(30)45(42)40-24-22-36(29-44(40)47)49(34-14-6-5-7-15-34)35-21-18-32-27-41-39-23-19-31-13-9-11-17-38(31)46(39)48(3,4)43(41)28-33(32)26-35/h5-29H,1-4H3. The molecular formula is C48H37N. The zero-order valence-electron chi connectivity index (χ0n) is 28.4. The first-order valence-corrected chi connectivity index (χ1v) is 17.4. The molecule has 1 heteroatoms. The third-order valence-corrected chi connectivity index (χ3v) is 11.6. The number of hydrogen-bond donors (Lipinski definition) is 0. The summed E-state index contributed by atoms with van der Waals surface area (Å²) in [5.74, 6) is 0. The highest BCUT2D eigenvalue weighted by atomic mass is 15.1. The zero-order valence-corrected chi connectivity index (χ0v) is 28.4. The number of anilines is 3. The molecule has 1 nitrogen and oxygen atoms in total. The second-order valence-electron chi connectivity index (χ2n) is 15.0. The lowest BCUT2D eigenvalue weighted by atomic mass is 9.80. The van der Waals surface area contributed by atoms with E-state index in [2.05, 4.69) is 184 Å². The second kappa shape index (κ2) is 9.94. The van der Waals surface area contributed by atoms with Crippen molar-refractivity contribution in [3.8, 4) is 22.3 Å². The summed E-state index contributed by atoms with van der Waals surface area (Å²) in [5.41, 5.74) is 14.4. The number of nitrogens with zero attached hydrogens (tertiary/aromatic N) is 1. The molecule has 8 aromatic rings. The largest absolute Gasteiger partial charge is 0.310 e. The highest BCUT2D eigenvalue weighted by Gasteiger charge is 2.38. The van der Waals surface area contributed by atoms with Gasteiger partial charge in [-0.05, 0) is 125 Å². The van der Waals surface area contributed by atoms with Crippen molar-refractivity contribution in [1.29, 1.82) is 0 Å². The van der Waals surface area contributed by atoms with Crippen molar-refractivity contribution in [3.63, 3.8) is 0 Å². The topological polar surface area (TPSA) is 3.24 Å². The van der Waals surface area contributed by atoms with Gasteiger partial charge in [0.1, 0.15) is 0 Å². The van der Waals surface area contributed by atoms with Crippen molar-refractivity contribution < 1.29 is 0 Å². The fraction of sp³-hybridized carbons (Fsp3) is 0.125. The summed E-state index contributed by atoms with van der Waals surface area (Å²) in [6, 6.07) is 56.7. The zero-order chi connectivity index (χ0) is 33.1. The van der Waals surface area contributed by atoms with E-state index in [1.54, 1.807) is 0 Å². The van der Waals surface area contributed by atoms with Crippen LogP contribution in [0.1, 0.15) is 49.9 Å². The normalized spacial score (nSPS) is 14.9. The Morgan fingerprint density at radius 3 is 1.80 bits per heavy atom. The van der Waals surface area contributed by atoms with Crippen LogP contribution in [0.15, 0.2) is 152 Å². The molecule has 0 aliphatic heterocycles. The maximum atomic E-state index is 2.46. The van der Waals surface area contributed by atoms with E-state index in [4.69, 9.17) is 0 Å². The van der Waals surface area contributed by atoms with Crippen molar-refractivity contribution >= 4 is 49.4 Å². The molecule has 0 atom stereocenters. The van der Waals surface area contributed by atoms with Crippen molar-refractivity contribution in [2.45, 2.75) is 38.5 Å². The van der Waals surface area contributed by atoms with Gasteiger partial charge in [-0.25, -0.2) is 0 Å². The number of fused-ring (bicyclic) bond motifs is 11. The highest BCUT2D eigenvalue weighted by molar-refractivity contribution is 6.04. The monoisotopic (exact) mass is 627 g/mol. The molecule has 0 spiro atoms. The summed E-state index contributed by atoms with van der Waals surface area (Å²) in [7, 11) is 0. The third kappa shape index (κ3) is 3.93. The average Bonchev–Trinajstić information content (AvgIpc) is 3.50. The Balaban J connectivity index is 1.14. The first-order valence-electron chi connectivity index (χ1n) is 17.4. The van der Waals surface area contributed by atoms with E-state index >= 15 is 0 Å². The Morgan fingerprint density at radius 1 is 0.367 bits per heavy atom. The summed E-state index contributed by atoms with van der Waals surface area (Å²) < 4.78 is 0. The maximum Gasteiger partial charge on any atom is 0.0468 e. The molecule has 0 amide bonds. The number of para-hydroxylation sites is 1. The van der Waals surface area contributed by atoms with Gasteiger partial charge in [-0.3, -0.25) is 0 Å². The van der Waals surface area contributed by atoms with Crippen LogP contribution in [0, 0.1) is 0 Å². The van der Waals surface area contributed by atoms with Gasteiger partial charge in [0.2, 0.25) is 0 Å². The lowest BCUT2D eigenvalue weighted by molar-refractivity contribution is 0.661. The first-order chi connectivity index (χ1) is 23.8. The first kappa shape index (κ1) is 28.4. The summed E-state index contributed by atoms with van der Waals surface area (Å²) in [5, 5.41) is 7.83. The van der Waals surface area contributed by atoms with Crippen LogP contribution in [0.4, 0.5) is 17.1 Å². The van der Waals surface area contributed by atoms with Gasteiger partial charge in [0.05, 0.1) is 0 Å². The summed E-state index contributed by atoms with van der Waals surface area (Å²) in [6.45, 7) is 9.54. The van der Waals surface area contributed by atoms with Crippen LogP contribution in [-0.2, 0) is 10.8 Å². The highest BCUT2D eigenvalue weighted by Crippen LogP contribution is 2.54. The molecule has 0 saturated heterocycles. The van der Waals surface area contributed by atoms with Gasteiger partial charge >= 0.3 is 0 Å². The van der Waals surface area contributed by atoms with Crippen LogP contribution in [0.25, 0.3) is 54.6 Å². The van der Waals surface area contributed by atoms with E-state index in [9.17, 15) is 0 Å². The molecule has 2 aliphatic rings. The second-order valence-corrected chi connectivity index (χ2v) is 15.0. The molecule has 0 heterocycles. The van der Waals surface area contributed by atoms with E-state index in [0.717, 1.165) is 11.4 Å².